The third kappa shape index (κ3) is 1.93. The summed E-state index contributed by atoms with van der Waals surface area (Å²) in [6.07, 6.45) is 3.29. The lowest BCUT2D eigenvalue weighted by molar-refractivity contribution is -0.368. The van der Waals surface area contributed by atoms with E-state index in [0.717, 1.165) is 19.1 Å². The van der Waals surface area contributed by atoms with Crippen LogP contribution in [-0.4, -0.2) is 39.8 Å². The fraction of sp³-hybridized carbons (Fsp3) is 1.00. The number of hydrogen-bond donors (Lipinski definition) is 0. The van der Waals surface area contributed by atoms with Crippen molar-refractivity contribution in [3.63, 3.8) is 0 Å². The average molecular weight is 222 g/mol. The van der Waals surface area contributed by atoms with E-state index >= 15 is 0 Å². The second-order valence-corrected chi connectivity index (χ2v) is 5.32. The van der Waals surface area contributed by atoms with Gasteiger partial charge >= 0.3 is 0 Å². The lowest BCUT2D eigenvalue weighted by atomic mass is 9.96. The van der Waals surface area contributed by atoms with E-state index in [-0.39, 0.29) is 0 Å². The summed E-state index contributed by atoms with van der Waals surface area (Å²) in [5, 5.41) is 0. The Bertz CT molecular complexity index is 304. The fourth-order valence-electron chi connectivity index (χ4n) is 1.81. The SMILES string of the molecule is CS(=O)(=O)OC1COC12CCCCO2. The summed E-state index contributed by atoms with van der Waals surface area (Å²) in [5.41, 5.74) is 0. The first-order valence-corrected chi connectivity index (χ1v) is 6.50. The molecular formula is C8H14O5S. The van der Waals surface area contributed by atoms with E-state index in [2.05, 4.69) is 0 Å². The Labute approximate surface area is 83.5 Å². The average Bonchev–Trinajstić information content (AvgIpc) is 2.13. The highest BCUT2D eigenvalue weighted by molar-refractivity contribution is 7.86. The molecule has 0 radical (unpaired) electrons. The van der Waals surface area contributed by atoms with Crippen molar-refractivity contribution in [3.05, 3.63) is 0 Å². The molecule has 2 unspecified atom stereocenters. The lowest BCUT2D eigenvalue weighted by Crippen LogP contribution is -2.62. The van der Waals surface area contributed by atoms with Gasteiger partial charge in [-0.2, -0.15) is 8.42 Å². The maximum atomic E-state index is 10.9. The van der Waals surface area contributed by atoms with E-state index < -0.39 is 22.0 Å². The Morgan fingerprint density at radius 1 is 1.36 bits per heavy atom. The molecule has 2 rings (SSSR count). The van der Waals surface area contributed by atoms with Crippen LogP contribution in [0, 0.1) is 0 Å². The smallest absolute Gasteiger partial charge is 0.264 e. The van der Waals surface area contributed by atoms with Crippen molar-refractivity contribution in [3.8, 4) is 0 Å². The second kappa shape index (κ2) is 3.44. The third-order valence-electron chi connectivity index (χ3n) is 2.53. The minimum Gasteiger partial charge on any atom is -0.347 e. The van der Waals surface area contributed by atoms with Gasteiger partial charge in [0.1, 0.15) is 0 Å². The second-order valence-electron chi connectivity index (χ2n) is 3.72. The lowest BCUT2D eigenvalue weighted by Gasteiger charge is -2.49. The molecule has 0 aromatic heterocycles. The van der Waals surface area contributed by atoms with Crippen LogP contribution in [0.3, 0.4) is 0 Å². The van der Waals surface area contributed by atoms with Crippen LogP contribution in [0.5, 0.6) is 0 Å². The van der Waals surface area contributed by atoms with Crippen LogP contribution in [0.15, 0.2) is 0 Å². The van der Waals surface area contributed by atoms with Gasteiger partial charge in [-0.05, 0) is 12.8 Å². The molecule has 0 amide bonds. The zero-order valence-corrected chi connectivity index (χ0v) is 8.88. The van der Waals surface area contributed by atoms with E-state index in [9.17, 15) is 8.42 Å². The van der Waals surface area contributed by atoms with Crippen LogP contribution >= 0.6 is 0 Å². The minimum atomic E-state index is -3.42. The predicted octanol–water partition coefficient (Wildman–Crippen LogP) is 0.258. The summed E-state index contributed by atoms with van der Waals surface area (Å²) >= 11 is 0. The van der Waals surface area contributed by atoms with Gasteiger partial charge in [0.25, 0.3) is 10.1 Å². The molecule has 2 saturated heterocycles. The molecule has 0 N–H and O–H groups in total. The molecule has 2 heterocycles. The van der Waals surface area contributed by atoms with Gasteiger partial charge in [0.05, 0.1) is 19.5 Å². The summed E-state index contributed by atoms with van der Waals surface area (Å²) in [7, 11) is -3.42. The van der Waals surface area contributed by atoms with Crippen molar-refractivity contribution in [2.45, 2.75) is 31.2 Å². The first kappa shape index (κ1) is 10.4. The van der Waals surface area contributed by atoms with Gasteiger partial charge in [0.2, 0.25) is 0 Å². The molecule has 0 aromatic rings. The van der Waals surface area contributed by atoms with Gasteiger partial charge in [-0.15, -0.1) is 0 Å². The number of hydrogen-bond acceptors (Lipinski definition) is 5. The third-order valence-corrected chi connectivity index (χ3v) is 3.11. The van der Waals surface area contributed by atoms with Crippen LogP contribution in [0.4, 0.5) is 0 Å². The molecule has 6 heteroatoms. The molecular weight excluding hydrogens is 208 g/mol. The van der Waals surface area contributed by atoms with Gasteiger partial charge in [0.15, 0.2) is 11.9 Å². The molecule has 0 saturated carbocycles. The summed E-state index contributed by atoms with van der Waals surface area (Å²) < 4.78 is 37.5. The van der Waals surface area contributed by atoms with Crippen LogP contribution < -0.4 is 0 Å². The van der Waals surface area contributed by atoms with Crippen LogP contribution in [0.2, 0.25) is 0 Å². The molecule has 2 aliphatic rings. The quantitative estimate of drug-likeness (QED) is 0.627. The van der Waals surface area contributed by atoms with Crippen LogP contribution in [0.1, 0.15) is 19.3 Å². The van der Waals surface area contributed by atoms with Gasteiger partial charge in [0, 0.05) is 6.42 Å². The van der Waals surface area contributed by atoms with E-state index in [0.29, 0.717) is 19.6 Å². The zero-order chi connectivity index (χ0) is 10.2. The maximum Gasteiger partial charge on any atom is 0.264 e. The Morgan fingerprint density at radius 2 is 2.14 bits per heavy atom. The zero-order valence-electron chi connectivity index (χ0n) is 8.06. The molecule has 0 aromatic carbocycles. The normalized spacial score (nSPS) is 38.2. The van der Waals surface area contributed by atoms with E-state index in [1.807, 2.05) is 0 Å². The molecule has 2 atom stereocenters. The summed E-state index contributed by atoms with van der Waals surface area (Å²) in [5.74, 6) is -0.776. The van der Waals surface area contributed by atoms with E-state index in [4.69, 9.17) is 13.7 Å². The van der Waals surface area contributed by atoms with Gasteiger partial charge < -0.3 is 9.47 Å². The summed E-state index contributed by atoms with van der Waals surface area (Å²) in [4.78, 5) is 0. The Balaban J connectivity index is 2.00. The monoisotopic (exact) mass is 222 g/mol. The highest BCUT2D eigenvalue weighted by Crippen LogP contribution is 2.39. The molecule has 2 aliphatic heterocycles. The Kier molecular flexibility index (Phi) is 2.55. The highest BCUT2D eigenvalue weighted by Gasteiger charge is 2.53. The predicted molar refractivity (Wildman–Crippen MR) is 48.2 cm³/mol. The summed E-state index contributed by atoms with van der Waals surface area (Å²) in [6.45, 7) is 0.913. The standard InChI is InChI=1S/C8H14O5S/c1-14(9,10)13-7-6-12-8(7)4-2-3-5-11-8/h7H,2-6H2,1H3. The van der Waals surface area contributed by atoms with Crippen LogP contribution in [0.25, 0.3) is 0 Å². The number of rotatable bonds is 2. The highest BCUT2D eigenvalue weighted by atomic mass is 32.2. The minimum absolute atomic E-state index is 0.299. The maximum absolute atomic E-state index is 10.9. The Morgan fingerprint density at radius 3 is 2.57 bits per heavy atom. The molecule has 5 nitrogen and oxygen atoms in total. The van der Waals surface area contributed by atoms with Crippen LogP contribution in [-0.2, 0) is 23.8 Å². The van der Waals surface area contributed by atoms with Crippen molar-refractivity contribution in [1.29, 1.82) is 0 Å². The van der Waals surface area contributed by atoms with Crippen molar-refractivity contribution >= 4 is 10.1 Å². The molecule has 0 aliphatic carbocycles. The molecule has 0 bridgehead atoms. The Hall–Kier alpha value is -0.170. The molecule has 82 valence electrons. The molecule has 2 fully saturated rings. The van der Waals surface area contributed by atoms with Crippen molar-refractivity contribution in [1.82, 2.24) is 0 Å². The topological polar surface area (TPSA) is 61.8 Å². The molecule has 14 heavy (non-hydrogen) atoms. The largest absolute Gasteiger partial charge is 0.347 e. The van der Waals surface area contributed by atoms with Gasteiger partial charge in [-0.3, -0.25) is 4.18 Å². The fourth-order valence-corrected chi connectivity index (χ4v) is 2.43. The van der Waals surface area contributed by atoms with Crippen molar-refractivity contribution in [2.24, 2.45) is 0 Å². The summed E-state index contributed by atoms with van der Waals surface area (Å²) in [6, 6.07) is 0. The van der Waals surface area contributed by atoms with Crippen molar-refractivity contribution in [2.75, 3.05) is 19.5 Å². The van der Waals surface area contributed by atoms with Gasteiger partial charge in [-0.25, -0.2) is 0 Å². The van der Waals surface area contributed by atoms with E-state index in [1.165, 1.54) is 0 Å². The number of ether oxygens (including phenoxy) is 2. The first-order valence-electron chi connectivity index (χ1n) is 4.68. The molecule has 1 spiro atoms. The first-order chi connectivity index (χ1) is 6.52. The van der Waals surface area contributed by atoms with Gasteiger partial charge in [-0.1, -0.05) is 0 Å². The van der Waals surface area contributed by atoms with Crippen molar-refractivity contribution < 1.29 is 22.1 Å². The van der Waals surface area contributed by atoms with E-state index in [1.54, 1.807) is 0 Å².